The van der Waals surface area contributed by atoms with Gasteiger partial charge in [0.2, 0.25) is 15.9 Å². The van der Waals surface area contributed by atoms with E-state index in [0.29, 0.717) is 31.4 Å². The van der Waals surface area contributed by atoms with Crippen molar-refractivity contribution in [3.05, 3.63) is 114 Å². The van der Waals surface area contributed by atoms with Gasteiger partial charge in [0, 0.05) is 18.7 Å². The van der Waals surface area contributed by atoms with Crippen molar-refractivity contribution < 1.29 is 18.0 Å². The van der Waals surface area contributed by atoms with E-state index in [9.17, 15) is 18.0 Å². The molecule has 0 aromatic heterocycles. The molecule has 0 saturated heterocycles. The molecular weight excluding hydrogens is 548 g/mol. The van der Waals surface area contributed by atoms with Crippen molar-refractivity contribution in [2.24, 2.45) is 5.92 Å². The van der Waals surface area contributed by atoms with Gasteiger partial charge in [-0.25, -0.2) is 13.1 Å². The third kappa shape index (κ3) is 9.56. The highest BCUT2D eigenvalue weighted by Crippen LogP contribution is 2.25. The highest BCUT2D eigenvalue weighted by Gasteiger charge is 2.27. The Bertz CT molecular complexity index is 1460. The number of hydrazine groups is 1. The molecule has 0 spiro atoms. The van der Waals surface area contributed by atoms with E-state index < -0.39 is 28.0 Å². The molecule has 9 heteroatoms. The Balaban J connectivity index is 1.45. The van der Waals surface area contributed by atoms with Crippen molar-refractivity contribution in [2.75, 3.05) is 11.6 Å². The fourth-order valence-electron chi connectivity index (χ4n) is 5.03. The average Bonchev–Trinajstić information content (AvgIpc) is 3.37. The van der Waals surface area contributed by atoms with E-state index in [-0.39, 0.29) is 17.6 Å². The molecule has 3 N–H and O–H groups in total. The Morgan fingerprint density at radius 1 is 0.905 bits per heavy atom. The van der Waals surface area contributed by atoms with E-state index in [2.05, 4.69) is 15.5 Å². The van der Waals surface area contributed by atoms with Crippen LogP contribution >= 0.6 is 0 Å². The van der Waals surface area contributed by atoms with E-state index in [0.717, 1.165) is 17.7 Å². The van der Waals surface area contributed by atoms with Crippen LogP contribution in [-0.4, -0.2) is 38.9 Å². The maximum atomic E-state index is 13.5. The standard InChI is InChI=1S/C33H40N4O4S/c1-25(2)23-30(36-42(40,41)24-27-13-7-4-8-14-27)33(39)34-29(18-17-26-11-5-3-6-12-26)19-20-32(38)35-37-22-21-28-15-9-10-16-31(28)37/h3-16,19-20,25,29-30,36H,17-18,21-24H2,1-2H3,(H,34,39)(H,35,38)/t29?,30-/m0/s1. The normalized spacial score (nSPS) is 14.5. The van der Waals surface area contributed by atoms with E-state index in [1.54, 1.807) is 30.3 Å². The molecule has 0 fully saturated rings. The predicted octanol–water partition coefficient (Wildman–Crippen LogP) is 4.29. The number of carbonyl (C=O) groups is 2. The number of anilines is 1. The Kier molecular flexibility index (Phi) is 10.9. The first kappa shape index (κ1) is 31.0. The fraction of sp³-hybridized carbons (Fsp3) is 0.333. The number of amides is 2. The quantitative estimate of drug-likeness (QED) is 0.244. The maximum absolute atomic E-state index is 13.5. The Morgan fingerprint density at radius 3 is 2.24 bits per heavy atom. The third-order valence-corrected chi connectivity index (χ3v) is 8.43. The summed E-state index contributed by atoms with van der Waals surface area (Å²) in [5.74, 6) is -0.857. The SMILES string of the molecule is CC(C)C[C@H](NS(=O)(=O)Cc1ccccc1)C(=O)NC(C=CC(=O)NN1CCc2ccccc21)CCc1ccccc1. The summed E-state index contributed by atoms with van der Waals surface area (Å²) in [6.07, 6.45) is 5.52. The molecule has 0 bridgehead atoms. The summed E-state index contributed by atoms with van der Waals surface area (Å²) in [4.78, 5) is 26.4. The van der Waals surface area contributed by atoms with Crippen molar-refractivity contribution in [3.63, 3.8) is 0 Å². The van der Waals surface area contributed by atoms with E-state index in [1.807, 2.05) is 79.5 Å². The number of fused-ring (bicyclic) bond motifs is 1. The Hall–Kier alpha value is -3.95. The minimum atomic E-state index is -3.78. The number of rotatable bonds is 14. The summed E-state index contributed by atoms with van der Waals surface area (Å²) < 4.78 is 28.6. The van der Waals surface area contributed by atoms with Gasteiger partial charge >= 0.3 is 0 Å². The summed E-state index contributed by atoms with van der Waals surface area (Å²) in [5.41, 5.74) is 6.83. The monoisotopic (exact) mass is 588 g/mol. The van der Waals surface area contributed by atoms with Crippen LogP contribution in [0.5, 0.6) is 0 Å². The molecule has 1 aliphatic rings. The van der Waals surface area contributed by atoms with Gasteiger partial charge in [-0.3, -0.25) is 20.0 Å². The topological polar surface area (TPSA) is 108 Å². The van der Waals surface area contributed by atoms with Gasteiger partial charge in [-0.1, -0.05) is 98.8 Å². The van der Waals surface area contributed by atoms with Gasteiger partial charge in [0.05, 0.1) is 11.4 Å². The first-order valence-corrected chi connectivity index (χ1v) is 16.1. The minimum absolute atomic E-state index is 0.0765. The zero-order valence-corrected chi connectivity index (χ0v) is 25.0. The third-order valence-electron chi connectivity index (χ3n) is 7.07. The molecule has 2 atom stereocenters. The molecule has 4 rings (SSSR count). The van der Waals surface area contributed by atoms with Gasteiger partial charge < -0.3 is 5.32 Å². The second-order valence-corrected chi connectivity index (χ2v) is 12.8. The second kappa shape index (κ2) is 14.8. The molecule has 222 valence electrons. The molecule has 8 nitrogen and oxygen atoms in total. The van der Waals surface area contributed by atoms with Gasteiger partial charge in [-0.15, -0.1) is 0 Å². The average molecular weight is 589 g/mol. The lowest BCUT2D eigenvalue weighted by Gasteiger charge is -2.23. The second-order valence-electron chi connectivity index (χ2n) is 11.0. The highest BCUT2D eigenvalue weighted by molar-refractivity contribution is 7.88. The number of nitrogens with zero attached hydrogens (tertiary/aromatic N) is 1. The van der Waals surface area contributed by atoms with Crippen molar-refractivity contribution in [3.8, 4) is 0 Å². The van der Waals surface area contributed by atoms with Crippen LogP contribution in [0.4, 0.5) is 5.69 Å². The van der Waals surface area contributed by atoms with Crippen LogP contribution in [0.1, 0.15) is 43.4 Å². The molecular formula is C33H40N4O4S. The molecule has 1 heterocycles. The summed E-state index contributed by atoms with van der Waals surface area (Å²) in [5, 5.41) is 4.83. The van der Waals surface area contributed by atoms with Crippen LogP contribution in [0, 0.1) is 5.92 Å². The van der Waals surface area contributed by atoms with Crippen LogP contribution in [-0.2, 0) is 38.2 Å². The van der Waals surface area contributed by atoms with E-state index in [4.69, 9.17) is 0 Å². The van der Waals surface area contributed by atoms with Gasteiger partial charge in [-0.2, -0.15) is 0 Å². The molecule has 42 heavy (non-hydrogen) atoms. The Morgan fingerprint density at radius 2 is 1.55 bits per heavy atom. The lowest BCUT2D eigenvalue weighted by atomic mass is 10.0. The number of sulfonamides is 1. The van der Waals surface area contributed by atoms with Crippen molar-refractivity contribution >= 4 is 27.5 Å². The number of para-hydroxylation sites is 1. The molecule has 1 aliphatic heterocycles. The molecule has 3 aromatic rings. The molecule has 0 radical (unpaired) electrons. The van der Waals surface area contributed by atoms with Crippen molar-refractivity contribution in [1.82, 2.24) is 15.5 Å². The lowest BCUT2D eigenvalue weighted by Crippen LogP contribution is -2.50. The molecule has 2 amide bonds. The predicted molar refractivity (Wildman–Crippen MR) is 167 cm³/mol. The van der Waals surface area contributed by atoms with Crippen LogP contribution < -0.4 is 20.5 Å². The smallest absolute Gasteiger partial charge is 0.262 e. The van der Waals surface area contributed by atoms with Gasteiger partial charge in [0.25, 0.3) is 5.91 Å². The first-order valence-electron chi connectivity index (χ1n) is 14.4. The van der Waals surface area contributed by atoms with Crippen molar-refractivity contribution in [1.29, 1.82) is 0 Å². The van der Waals surface area contributed by atoms with Crippen LogP contribution in [0.2, 0.25) is 0 Å². The summed E-state index contributed by atoms with van der Waals surface area (Å²) in [7, 11) is -3.78. The lowest BCUT2D eigenvalue weighted by molar-refractivity contribution is -0.123. The van der Waals surface area contributed by atoms with Crippen LogP contribution in [0.15, 0.2) is 97.1 Å². The van der Waals surface area contributed by atoms with E-state index in [1.165, 1.54) is 11.6 Å². The summed E-state index contributed by atoms with van der Waals surface area (Å²) in [6.45, 7) is 4.58. The molecule has 0 aliphatic carbocycles. The zero-order valence-electron chi connectivity index (χ0n) is 24.2. The number of hydrogen-bond donors (Lipinski definition) is 3. The first-order chi connectivity index (χ1) is 20.2. The molecule has 1 unspecified atom stereocenters. The number of carbonyl (C=O) groups excluding carboxylic acids is 2. The van der Waals surface area contributed by atoms with Gasteiger partial charge in [0.15, 0.2) is 0 Å². The van der Waals surface area contributed by atoms with Gasteiger partial charge in [0.1, 0.15) is 6.04 Å². The molecule has 0 saturated carbocycles. The Labute approximate surface area is 249 Å². The number of benzene rings is 3. The maximum Gasteiger partial charge on any atom is 0.262 e. The minimum Gasteiger partial charge on any atom is -0.348 e. The van der Waals surface area contributed by atoms with Gasteiger partial charge in [-0.05, 0) is 54.4 Å². The largest absolute Gasteiger partial charge is 0.348 e. The fourth-order valence-corrected chi connectivity index (χ4v) is 6.38. The van der Waals surface area contributed by atoms with Crippen LogP contribution in [0.3, 0.4) is 0 Å². The zero-order chi connectivity index (χ0) is 30.0. The number of hydrogen-bond acceptors (Lipinski definition) is 5. The molecule has 3 aromatic carbocycles. The summed E-state index contributed by atoms with van der Waals surface area (Å²) in [6, 6.07) is 25.3. The summed E-state index contributed by atoms with van der Waals surface area (Å²) >= 11 is 0. The number of nitrogens with one attached hydrogen (secondary N) is 3. The highest BCUT2D eigenvalue weighted by atomic mass is 32.2. The van der Waals surface area contributed by atoms with E-state index >= 15 is 0 Å². The van der Waals surface area contributed by atoms with Crippen molar-refractivity contribution in [2.45, 2.75) is 57.4 Å². The number of aryl methyl sites for hydroxylation is 1. The van der Waals surface area contributed by atoms with Crippen LogP contribution in [0.25, 0.3) is 0 Å².